The Bertz CT molecular complexity index is 1510. The summed E-state index contributed by atoms with van der Waals surface area (Å²) < 4.78 is 2.14. The maximum Gasteiger partial charge on any atom is 0.269 e. The molecule has 5 rings (SSSR count). The zero-order valence-electron chi connectivity index (χ0n) is 20.7. The molecule has 1 aliphatic carbocycles. The first-order valence-electron chi connectivity index (χ1n) is 12.1. The molecule has 2 heterocycles. The van der Waals surface area contributed by atoms with Gasteiger partial charge in [-0.2, -0.15) is 5.26 Å². The molecule has 182 valence electrons. The lowest BCUT2D eigenvalue weighted by Gasteiger charge is -2.33. The third-order valence-corrected chi connectivity index (χ3v) is 8.39. The van der Waals surface area contributed by atoms with E-state index in [4.69, 9.17) is 4.99 Å². The van der Waals surface area contributed by atoms with Crippen molar-refractivity contribution >= 4 is 39.1 Å². The van der Waals surface area contributed by atoms with Crippen molar-refractivity contribution in [2.45, 2.75) is 46.6 Å². The quantitative estimate of drug-likeness (QED) is 0.164. The average Bonchev–Trinajstić information content (AvgIpc) is 3.39. The van der Waals surface area contributed by atoms with Gasteiger partial charge >= 0.3 is 0 Å². The van der Waals surface area contributed by atoms with E-state index in [0.717, 1.165) is 51.9 Å². The Labute approximate surface area is 214 Å². The van der Waals surface area contributed by atoms with E-state index in [-0.39, 0.29) is 16.0 Å². The lowest BCUT2D eigenvalue weighted by molar-refractivity contribution is -0.384. The van der Waals surface area contributed by atoms with Gasteiger partial charge in [-0.25, -0.2) is 4.99 Å². The number of aliphatic imine (C=N–C) groups is 1. The molecule has 7 heteroatoms. The molecule has 4 aromatic rings. The van der Waals surface area contributed by atoms with Gasteiger partial charge in [-0.05, 0) is 47.8 Å². The molecule has 6 nitrogen and oxygen atoms in total. The van der Waals surface area contributed by atoms with Crippen molar-refractivity contribution < 1.29 is 4.92 Å². The summed E-state index contributed by atoms with van der Waals surface area (Å²) in [6.45, 7) is 7.49. The summed E-state index contributed by atoms with van der Waals surface area (Å²) in [7, 11) is 0. The van der Waals surface area contributed by atoms with Gasteiger partial charge in [0.25, 0.3) is 5.69 Å². The van der Waals surface area contributed by atoms with Crippen molar-refractivity contribution in [3.05, 3.63) is 92.0 Å². The smallest absolute Gasteiger partial charge is 0.269 e. The number of rotatable bonds is 5. The third-order valence-electron chi connectivity index (χ3n) is 7.22. The maximum absolute atomic E-state index is 11.0. The van der Waals surface area contributed by atoms with Crippen molar-refractivity contribution in [3.8, 4) is 6.07 Å². The Morgan fingerprint density at radius 3 is 2.67 bits per heavy atom. The van der Waals surface area contributed by atoms with E-state index in [0.29, 0.717) is 12.5 Å². The monoisotopic (exact) mass is 496 g/mol. The summed E-state index contributed by atoms with van der Waals surface area (Å²) in [4.78, 5) is 16.7. The number of thiophene rings is 1. The Morgan fingerprint density at radius 1 is 1.22 bits per heavy atom. The predicted octanol–water partition coefficient (Wildman–Crippen LogP) is 7.43. The second-order valence-corrected chi connectivity index (χ2v) is 11.6. The fourth-order valence-corrected chi connectivity index (χ4v) is 6.30. The van der Waals surface area contributed by atoms with E-state index < -0.39 is 0 Å². The number of fused-ring (bicyclic) bond motifs is 2. The van der Waals surface area contributed by atoms with Crippen LogP contribution in [0, 0.1) is 32.8 Å². The molecule has 0 fully saturated rings. The molecule has 0 unspecified atom stereocenters. The fraction of sp³-hybridized carbons (Fsp3) is 0.310. The summed E-state index contributed by atoms with van der Waals surface area (Å²) in [6.07, 6.45) is 7.00. The standard InChI is InChI=1S/C29H28N4O2S/c1-29(2,3)21-10-13-24-25(15-30)28(36-27(24)14-21)31-16-20-18-32(26-7-5-4-6-23(20)26)17-19-8-11-22(12-9-19)33(34)35/h4-9,11-12,16,18,21H,10,13-14,17H2,1-3H3/t21-/m1/s1. The second-order valence-electron chi connectivity index (χ2n) is 10.5. The molecule has 0 saturated carbocycles. The van der Waals surface area contributed by atoms with E-state index in [9.17, 15) is 15.4 Å². The van der Waals surface area contributed by atoms with Gasteiger partial charge in [0.15, 0.2) is 0 Å². The molecule has 0 bridgehead atoms. The highest BCUT2D eigenvalue weighted by Crippen LogP contribution is 2.45. The number of nitro groups is 1. The van der Waals surface area contributed by atoms with Crippen LogP contribution < -0.4 is 0 Å². The Balaban J connectivity index is 1.46. The lowest BCUT2D eigenvalue weighted by atomic mass is 9.72. The molecule has 36 heavy (non-hydrogen) atoms. The summed E-state index contributed by atoms with van der Waals surface area (Å²) in [5.74, 6) is 0.615. The Hall–Kier alpha value is -3.76. The molecular weight excluding hydrogens is 468 g/mol. The highest BCUT2D eigenvalue weighted by Gasteiger charge is 2.32. The van der Waals surface area contributed by atoms with Gasteiger partial charge in [0.05, 0.1) is 10.5 Å². The molecule has 0 N–H and O–H groups in total. The maximum atomic E-state index is 11.0. The molecule has 2 aromatic carbocycles. The van der Waals surface area contributed by atoms with Crippen molar-refractivity contribution in [2.24, 2.45) is 16.3 Å². The van der Waals surface area contributed by atoms with Crippen LogP contribution in [0.15, 0.2) is 59.7 Å². The molecule has 0 spiro atoms. The normalized spacial score (nSPS) is 15.8. The predicted molar refractivity (Wildman–Crippen MR) is 145 cm³/mol. The average molecular weight is 497 g/mol. The lowest BCUT2D eigenvalue weighted by Crippen LogP contribution is -2.26. The molecule has 1 aliphatic rings. The number of hydrogen-bond acceptors (Lipinski definition) is 5. The summed E-state index contributed by atoms with van der Waals surface area (Å²) in [6, 6.07) is 17.2. The first-order chi connectivity index (χ1) is 17.2. The molecular formula is C29H28N4O2S. The zero-order valence-corrected chi connectivity index (χ0v) is 21.5. The first kappa shape index (κ1) is 24.0. The van der Waals surface area contributed by atoms with Crippen LogP contribution in [-0.2, 0) is 19.4 Å². The number of aromatic nitrogens is 1. The van der Waals surface area contributed by atoms with Crippen LogP contribution in [0.3, 0.4) is 0 Å². The molecule has 2 aromatic heterocycles. The third kappa shape index (κ3) is 4.57. The Morgan fingerprint density at radius 2 is 1.97 bits per heavy atom. The minimum atomic E-state index is -0.384. The van der Waals surface area contributed by atoms with Crippen LogP contribution in [0.25, 0.3) is 10.9 Å². The number of nitro benzene ring substituents is 1. The van der Waals surface area contributed by atoms with Gasteiger partial charge in [0.1, 0.15) is 11.1 Å². The minimum absolute atomic E-state index is 0.0877. The van der Waals surface area contributed by atoms with Gasteiger partial charge in [0, 0.05) is 52.4 Å². The van der Waals surface area contributed by atoms with E-state index in [1.807, 2.05) is 18.3 Å². The van der Waals surface area contributed by atoms with E-state index in [2.05, 4.69) is 49.7 Å². The number of nitriles is 1. The van der Waals surface area contributed by atoms with E-state index in [1.54, 1.807) is 23.5 Å². The molecule has 1 atom stereocenters. The molecule has 0 saturated heterocycles. The van der Waals surface area contributed by atoms with Gasteiger partial charge in [-0.3, -0.25) is 10.1 Å². The first-order valence-corrected chi connectivity index (χ1v) is 13.0. The van der Waals surface area contributed by atoms with Crippen LogP contribution in [0.4, 0.5) is 10.7 Å². The number of nitrogens with zero attached hydrogens (tertiary/aromatic N) is 4. The molecule has 0 aliphatic heterocycles. The van der Waals surface area contributed by atoms with E-state index >= 15 is 0 Å². The number of hydrogen-bond donors (Lipinski definition) is 0. The highest BCUT2D eigenvalue weighted by atomic mass is 32.1. The van der Waals surface area contributed by atoms with E-state index in [1.165, 1.54) is 22.6 Å². The van der Waals surface area contributed by atoms with Gasteiger partial charge in [-0.15, -0.1) is 11.3 Å². The van der Waals surface area contributed by atoms with Crippen LogP contribution in [0.5, 0.6) is 0 Å². The number of para-hydroxylation sites is 1. The second kappa shape index (κ2) is 9.36. The van der Waals surface area contributed by atoms with Gasteiger partial charge in [-0.1, -0.05) is 51.1 Å². The van der Waals surface area contributed by atoms with Crippen molar-refractivity contribution in [1.29, 1.82) is 5.26 Å². The molecule has 0 radical (unpaired) electrons. The van der Waals surface area contributed by atoms with Crippen LogP contribution in [0.1, 0.15) is 54.3 Å². The summed E-state index contributed by atoms with van der Waals surface area (Å²) in [5.41, 5.74) is 5.29. The van der Waals surface area contributed by atoms with Crippen molar-refractivity contribution in [1.82, 2.24) is 4.57 Å². The van der Waals surface area contributed by atoms with Crippen LogP contribution in [-0.4, -0.2) is 15.7 Å². The SMILES string of the molecule is CC(C)(C)[C@@H]1CCc2c(sc(N=Cc3cn(Cc4ccc([N+](=O)[O-])cc4)c4ccccc34)c2C#N)C1. The number of benzene rings is 2. The zero-order chi connectivity index (χ0) is 25.4. The van der Waals surface area contributed by atoms with Crippen molar-refractivity contribution in [2.75, 3.05) is 0 Å². The fourth-order valence-electron chi connectivity index (χ4n) is 5.07. The molecule has 0 amide bonds. The minimum Gasteiger partial charge on any atom is -0.342 e. The number of non-ortho nitro benzene ring substituents is 1. The van der Waals surface area contributed by atoms with Crippen LogP contribution in [0.2, 0.25) is 0 Å². The summed E-state index contributed by atoms with van der Waals surface area (Å²) in [5, 5.41) is 22.8. The van der Waals surface area contributed by atoms with Gasteiger partial charge in [0.2, 0.25) is 0 Å². The topological polar surface area (TPSA) is 84.2 Å². The van der Waals surface area contributed by atoms with Crippen LogP contribution >= 0.6 is 11.3 Å². The summed E-state index contributed by atoms with van der Waals surface area (Å²) >= 11 is 1.66. The van der Waals surface area contributed by atoms with Crippen molar-refractivity contribution in [3.63, 3.8) is 0 Å². The van der Waals surface area contributed by atoms with Gasteiger partial charge < -0.3 is 4.57 Å². The highest BCUT2D eigenvalue weighted by molar-refractivity contribution is 7.16. The largest absolute Gasteiger partial charge is 0.342 e. The Kier molecular flexibility index (Phi) is 6.23.